The van der Waals surface area contributed by atoms with Gasteiger partial charge in [0, 0.05) is 30.9 Å². The zero-order chi connectivity index (χ0) is 15.5. The Morgan fingerprint density at radius 2 is 2.05 bits per heavy atom. The van der Waals surface area contributed by atoms with Crippen molar-refractivity contribution in [3.63, 3.8) is 0 Å². The van der Waals surface area contributed by atoms with Crippen LogP contribution in [0, 0.1) is 11.6 Å². The smallest absolute Gasteiger partial charge is 0.238 e. The van der Waals surface area contributed by atoms with E-state index in [2.05, 4.69) is 5.32 Å². The lowest BCUT2D eigenvalue weighted by molar-refractivity contribution is -0.142. The molecule has 2 saturated heterocycles. The van der Waals surface area contributed by atoms with Crippen LogP contribution >= 0.6 is 0 Å². The van der Waals surface area contributed by atoms with E-state index in [1.807, 2.05) is 4.90 Å². The van der Waals surface area contributed by atoms with Crippen molar-refractivity contribution in [2.24, 2.45) is 0 Å². The summed E-state index contributed by atoms with van der Waals surface area (Å²) in [6, 6.07) is 3.11. The maximum atomic E-state index is 13.1. The molecule has 0 spiro atoms. The molecule has 0 unspecified atom stereocenters. The molecular weight excluding hydrogens is 294 g/mol. The van der Waals surface area contributed by atoms with E-state index in [4.69, 9.17) is 9.47 Å². The second kappa shape index (κ2) is 6.68. The van der Waals surface area contributed by atoms with Gasteiger partial charge in [-0.25, -0.2) is 8.78 Å². The summed E-state index contributed by atoms with van der Waals surface area (Å²) in [7, 11) is 0. The Balaban J connectivity index is 1.60. The van der Waals surface area contributed by atoms with E-state index >= 15 is 0 Å². The van der Waals surface area contributed by atoms with Gasteiger partial charge in [0.05, 0.1) is 25.9 Å². The van der Waals surface area contributed by atoms with Crippen LogP contribution in [-0.4, -0.2) is 55.9 Å². The molecule has 1 aromatic rings. The molecule has 0 aromatic heterocycles. The number of carbonyl (C=O) groups excluding carboxylic acids is 1. The molecule has 2 atom stereocenters. The van der Waals surface area contributed by atoms with Crippen molar-refractivity contribution in [2.45, 2.75) is 18.6 Å². The van der Waals surface area contributed by atoms with Crippen LogP contribution < -0.4 is 5.32 Å². The SMILES string of the molecule is O=C(CN1CCO[C@@H]2COCC[C@@H]21)Nc1cc(F)cc(F)c1. The zero-order valence-corrected chi connectivity index (χ0v) is 12.1. The number of amides is 1. The minimum Gasteiger partial charge on any atom is -0.379 e. The highest BCUT2D eigenvalue weighted by Crippen LogP contribution is 2.21. The first-order valence-corrected chi connectivity index (χ1v) is 7.31. The molecule has 2 aliphatic rings. The number of nitrogens with zero attached hydrogens (tertiary/aromatic N) is 1. The summed E-state index contributed by atoms with van der Waals surface area (Å²) in [5.41, 5.74) is 0.124. The normalized spacial score (nSPS) is 25.5. The van der Waals surface area contributed by atoms with Crippen LogP contribution in [0.15, 0.2) is 18.2 Å². The summed E-state index contributed by atoms with van der Waals surface area (Å²) in [6.07, 6.45) is 0.800. The Hall–Kier alpha value is -1.57. The maximum absolute atomic E-state index is 13.1. The lowest BCUT2D eigenvalue weighted by Gasteiger charge is -2.43. The van der Waals surface area contributed by atoms with E-state index < -0.39 is 11.6 Å². The van der Waals surface area contributed by atoms with Gasteiger partial charge in [-0.2, -0.15) is 0 Å². The molecule has 2 aliphatic heterocycles. The van der Waals surface area contributed by atoms with E-state index in [1.165, 1.54) is 0 Å². The van der Waals surface area contributed by atoms with Gasteiger partial charge in [0.2, 0.25) is 5.91 Å². The predicted octanol–water partition coefficient (Wildman–Crippen LogP) is 1.39. The molecule has 3 rings (SSSR count). The third-order valence-corrected chi connectivity index (χ3v) is 3.94. The lowest BCUT2D eigenvalue weighted by Crippen LogP contribution is -2.57. The zero-order valence-electron chi connectivity index (χ0n) is 12.1. The molecule has 0 aliphatic carbocycles. The summed E-state index contributed by atoms with van der Waals surface area (Å²) in [4.78, 5) is 14.2. The summed E-state index contributed by atoms with van der Waals surface area (Å²) < 4.78 is 37.3. The Morgan fingerprint density at radius 3 is 2.82 bits per heavy atom. The number of anilines is 1. The molecule has 0 saturated carbocycles. The number of morpholine rings is 1. The average molecular weight is 312 g/mol. The molecular formula is C15H18F2N2O3. The Kier molecular flexibility index (Phi) is 4.66. The summed E-state index contributed by atoms with van der Waals surface area (Å²) >= 11 is 0. The third-order valence-electron chi connectivity index (χ3n) is 3.94. The number of nitrogens with one attached hydrogen (secondary N) is 1. The molecule has 1 N–H and O–H groups in total. The molecule has 2 fully saturated rings. The highest BCUT2D eigenvalue weighted by atomic mass is 19.1. The van der Waals surface area contributed by atoms with Gasteiger partial charge in [-0.05, 0) is 18.6 Å². The lowest BCUT2D eigenvalue weighted by atomic mass is 10.0. The van der Waals surface area contributed by atoms with Crippen molar-refractivity contribution in [1.82, 2.24) is 4.90 Å². The van der Waals surface area contributed by atoms with Crippen molar-refractivity contribution in [3.05, 3.63) is 29.8 Å². The van der Waals surface area contributed by atoms with Crippen LogP contribution in [0.3, 0.4) is 0 Å². The Bertz CT molecular complexity index is 533. The van der Waals surface area contributed by atoms with Gasteiger partial charge in [-0.1, -0.05) is 0 Å². The van der Waals surface area contributed by atoms with Gasteiger partial charge in [0.1, 0.15) is 11.6 Å². The number of hydrogen-bond donors (Lipinski definition) is 1. The maximum Gasteiger partial charge on any atom is 0.238 e. The largest absolute Gasteiger partial charge is 0.379 e. The quantitative estimate of drug-likeness (QED) is 0.916. The van der Waals surface area contributed by atoms with Gasteiger partial charge in [0.15, 0.2) is 0 Å². The number of halogens is 2. The average Bonchev–Trinajstić information content (AvgIpc) is 2.46. The second-order valence-electron chi connectivity index (χ2n) is 5.52. The number of hydrogen-bond acceptors (Lipinski definition) is 4. The standard InChI is InChI=1S/C15H18F2N2O3/c16-10-5-11(17)7-12(6-10)18-15(20)8-19-2-4-22-14-9-21-3-1-13(14)19/h5-7,13-14H,1-4,8-9H2,(H,18,20)/t13-,14+/m0/s1. The monoisotopic (exact) mass is 312 g/mol. The fourth-order valence-corrected chi connectivity index (χ4v) is 2.97. The third kappa shape index (κ3) is 3.60. The van der Waals surface area contributed by atoms with E-state index in [0.717, 1.165) is 24.6 Å². The van der Waals surface area contributed by atoms with Gasteiger partial charge in [-0.15, -0.1) is 0 Å². The Labute approximate surface area is 127 Å². The highest BCUT2D eigenvalue weighted by molar-refractivity contribution is 5.92. The minimum absolute atomic E-state index is 0.0121. The topological polar surface area (TPSA) is 50.8 Å². The van der Waals surface area contributed by atoms with E-state index in [1.54, 1.807) is 0 Å². The van der Waals surface area contributed by atoms with Crippen molar-refractivity contribution in [1.29, 1.82) is 0 Å². The summed E-state index contributed by atoms with van der Waals surface area (Å²) in [5.74, 6) is -1.73. The van der Waals surface area contributed by atoms with Crippen LogP contribution in [0.2, 0.25) is 0 Å². The molecule has 2 heterocycles. The molecule has 1 aromatic carbocycles. The van der Waals surface area contributed by atoms with Crippen LogP contribution in [0.5, 0.6) is 0 Å². The van der Waals surface area contributed by atoms with Gasteiger partial charge >= 0.3 is 0 Å². The van der Waals surface area contributed by atoms with E-state index in [9.17, 15) is 13.6 Å². The number of ether oxygens (including phenoxy) is 2. The highest BCUT2D eigenvalue weighted by Gasteiger charge is 2.35. The van der Waals surface area contributed by atoms with E-state index in [-0.39, 0.29) is 30.3 Å². The van der Waals surface area contributed by atoms with Crippen molar-refractivity contribution in [3.8, 4) is 0 Å². The molecule has 120 valence electrons. The minimum atomic E-state index is -0.717. The molecule has 22 heavy (non-hydrogen) atoms. The number of carbonyl (C=O) groups is 1. The number of benzene rings is 1. The number of rotatable bonds is 3. The molecule has 5 nitrogen and oxygen atoms in total. The van der Waals surface area contributed by atoms with E-state index in [0.29, 0.717) is 26.4 Å². The summed E-state index contributed by atoms with van der Waals surface area (Å²) in [6.45, 7) is 2.57. The summed E-state index contributed by atoms with van der Waals surface area (Å²) in [5, 5.41) is 2.53. The van der Waals surface area contributed by atoms with Gasteiger partial charge < -0.3 is 14.8 Å². The molecule has 7 heteroatoms. The van der Waals surface area contributed by atoms with Crippen molar-refractivity contribution >= 4 is 11.6 Å². The number of fused-ring (bicyclic) bond motifs is 1. The second-order valence-corrected chi connectivity index (χ2v) is 5.52. The van der Waals surface area contributed by atoms with Crippen molar-refractivity contribution < 1.29 is 23.0 Å². The predicted molar refractivity (Wildman–Crippen MR) is 75.5 cm³/mol. The van der Waals surface area contributed by atoms with Gasteiger partial charge in [0.25, 0.3) is 0 Å². The van der Waals surface area contributed by atoms with Crippen LogP contribution in [0.4, 0.5) is 14.5 Å². The van der Waals surface area contributed by atoms with Crippen LogP contribution in [-0.2, 0) is 14.3 Å². The fraction of sp³-hybridized carbons (Fsp3) is 0.533. The first kappa shape index (κ1) is 15.3. The first-order valence-electron chi connectivity index (χ1n) is 7.31. The van der Waals surface area contributed by atoms with Crippen molar-refractivity contribution in [2.75, 3.05) is 38.2 Å². The fourth-order valence-electron chi connectivity index (χ4n) is 2.97. The molecule has 0 bridgehead atoms. The Morgan fingerprint density at radius 1 is 1.27 bits per heavy atom. The van der Waals surface area contributed by atoms with Gasteiger partial charge in [-0.3, -0.25) is 9.69 Å². The van der Waals surface area contributed by atoms with Crippen LogP contribution in [0.25, 0.3) is 0 Å². The molecule has 1 amide bonds. The first-order chi connectivity index (χ1) is 10.6. The van der Waals surface area contributed by atoms with Crippen LogP contribution in [0.1, 0.15) is 6.42 Å². The molecule has 0 radical (unpaired) electrons.